The van der Waals surface area contributed by atoms with Gasteiger partial charge in [0.1, 0.15) is 0 Å². The van der Waals surface area contributed by atoms with Crippen molar-refractivity contribution in [1.29, 1.82) is 0 Å². The Labute approximate surface area is 100.0 Å². The van der Waals surface area contributed by atoms with Crippen LogP contribution in [0.4, 0.5) is 11.9 Å². The molecule has 1 aliphatic rings. The number of hydrogen-bond donors (Lipinski definition) is 2. The van der Waals surface area contributed by atoms with E-state index in [1.165, 1.54) is 0 Å². The molecule has 0 bridgehead atoms. The predicted molar refractivity (Wildman–Crippen MR) is 64.4 cm³/mol. The predicted octanol–water partition coefficient (Wildman–Crippen LogP) is -0.308. The van der Waals surface area contributed by atoms with Gasteiger partial charge in [0, 0.05) is 32.1 Å². The van der Waals surface area contributed by atoms with Crippen molar-refractivity contribution >= 4 is 17.8 Å². The molecule has 1 amide bonds. The minimum absolute atomic E-state index is 0.0562. The Morgan fingerprint density at radius 2 is 2.00 bits per heavy atom. The van der Waals surface area contributed by atoms with Crippen LogP contribution in [0, 0.1) is 5.92 Å². The van der Waals surface area contributed by atoms with Gasteiger partial charge in [0.2, 0.25) is 17.8 Å². The van der Waals surface area contributed by atoms with Crippen LogP contribution in [-0.4, -0.2) is 52.2 Å². The first kappa shape index (κ1) is 11.7. The third kappa shape index (κ3) is 2.48. The summed E-state index contributed by atoms with van der Waals surface area (Å²) in [6.45, 7) is 6.76. The molecule has 0 unspecified atom stereocenters. The highest BCUT2D eigenvalue weighted by Gasteiger charge is 2.24. The molecule has 0 spiro atoms. The monoisotopic (exact) mass is 238 g/mol. The molecule has 0 atom stereocenters. The number of nitrogens with two attached hydrogens (primary N) is 1. The minimum atomic E-state index is 0.0562. The van der Waals surface area contributed by atoms with Crippen LogP contribution in [0.1, 0.15) is 13.8 Å². The van der Waals surface area contributed by atoms with Gasteiger partial charge in [-0.3, -0.25) is 4.79 Å². The normalized spacial score (nSPS) is 16.6. The van der Waals surface area contributed by atoms with Gasteiger partial charge >= 0.3 is 0 Å². The Hall–Kier alpha value is -1.79. The van der Waals surface area contributed by atoms with E-state index in [2.05, 4.69) is 15.2 Å². The van der Waals surface area contributed by atoms with Crippen LogP contribution in [0.5, 0.6) is 0 Å². The number of nitrogens with zero attached hydrogens (tertiary/aromatic N) is 4. The van der Waals surface area contributed by atoms with E-state index in [9.17, 15) is 4.79 Å². The zero-order valence-electron chi connectivity index (χ0n) is 10.2. The molecule has 2 rings (SSSR count). The van der Waals surface area contributed by atoms with Crippen LogP contribution in [-0.2, 0) is 4.79 Å². The molecule has 0 aromatic carbocycles. The molecular weight excluding hydrogens is 220 g/mol. The lowest BCUT2D eigenvalue weighted by Crippen LogP contribution is -2.50. The number of amides is 1. The van der Waals surface area contributed by atoms with Crippen LogP contribution in [0.15, 0.2) is 0 Å². The van der Waals surface area contributed by atoms with Crippen molar-refractivity contribution in [2.75, 3.05) is 36.8 Å². The summed E-state index contributed by atoms with van der Waals surface area (Å²) in [4.78, 5) is 19.8. The number of carbonyl (C=O) groups excluding carboxylic acids is 1. The molecule has 0 aliphatic carbocycles. The van der Waals surface area contributed by atoms with Crippen LogP contribution >= 0.6 is 0 Å². The zero-order valence-corrected chi connectivity index (χ0v) is 10.2. The maximum Gasteiger partial charge on any atom is 0.246 e. The molecule has 0 radical (unpaired) electrons. The van der Waals surface area contributed by atoms with Crippen molar-refractivity contribution in [3.8, 4) is 0 Å². The summed E-state index contributed by atoms with van der Waals surface area (Å²) in [5, 5.41) is 6.62. The fourth-order valence-corrected chi connectivity index (χ4v) is 1.90. The van der Waals surface area contributed by atoms with Gasteiger partial charge in [-0.25, -0.2) is 5.10 Å². The van der Waals surface area contributed by atoms with E-state index in [0.717, 1.165) is 13.1 Å². The highest BCUT2D eigenvalue weighted by atomic mass is 16.2. The molecular formula is C10H18N6O. The number of nitrogen functional groups attached to an aromatic ring is 1. The van der Waals surface area contributed by atoms with Crippen molar-refractivity contribution in [1.82, 2.24) is 20.1 Å². The fraction of sp³-hybridized carbons (Fsp3) is 0.700. The SMILES string of the molecule is CC(C)C(=O)N1CCN(c2n[nH]c(N)n2)CC1. The summed E-state index contributed by atoms with van der Waals surface area (Å²) in [5.41, 5.74) is 5.48. The molecule has 1 aromatic rings. The summed E-state index contributed by atoms with van der Waals surface area (Å²) < 4.78 is 0. The molecule has 94 valence electrons. The summed E-state index contributed by atoms with van der Waals surface area (Å²) >= 11 is 0. The van der Waals surface area contributed by atoms with Crippen LogP contribution in [0.3, 0.4) is 0 Å². The van der Waals surface area contributed by atoms with Crippen molar-refractivity contribution in [2.45, 2.75) is 13.8 Å². The lowest BCUT2D eigenvalue weighted by Gasteiger charge is -2.34. The number of carbonyl (C=O) groups is 1. The van der Waals surface area contributed by atoms with Gasteiger partial charge in [-0.05, 0) is 0 Å². The number of anilines is 2. The summed E-state index contributed by atoms with van der Waals surface area (Å²) in [6.07, 6.45) is 0. The number of nitrogens with one attached hydrogen (secondary N) is 1. The lowest BCUT2D eigenvalue weighted by molar-refractivity contribution is -0.134. The number of H-pyrrole nitrogens is 1. The van der Waals surface area contributed by atoms with E-state index in [0.29, 0.717) is 25.0 Å². The highest BCUT2D eigenvalue weighted by Crippen LogP contribution is 2.12. The Balaban J connectivity index is 1.92. The van der Waals surface area contributed by atoms with E-state index in [1.807, 2.05) is 23.6 Å². The standard InChI is InChI=1S/C10H18N6O/c1-7(2)8(17)15-3-5-16(6-4-15)10-12-9(11)13-14-10/h7H,3-6H2,1-2H3,(H3,11,12,13,14). The van der Waals surface area contributed by atoms with Crippen LogP contribution in [0.2, 0.25) is 0 Å². The molecule has 1 aromatic heterocycles. The van der Waals surface area contributed by atoms with Crippen molar-refractivity contribution in [3.05, 3.63) is 0 Å². The number of piperazine rings is 1. The Kier molecular flexibility index (Phi) is 3.16. The highest BCUT2D eigenvalue weighted by molar-refractivity contribution is 5.78. The number of hydrogen-bond acceptors (Lipinski definition) is 5. The topological polar surface area (TPSA) is 91.1 Å². The molecule has 0 saturated carbocycles. The molecule has 1 aliphatic heterocycles. The van der Waals surface area contributed by atoms with Crippen LogP contribution in [0.25, 0.3) is 0 Å². The second-order valence-corrected chi connectivity index (χ2v) is 4.49. The molecule has 3 N–H and O–H groups in total. The second kappa shape index (κ2) is 4.60. The number of rotatable bonds is 2. The number of aromatic nitrogens is 3. The van der Waals surface area contributed by atoms with Gasteiger partial charge in [-0.15, -0.1) is 5.10 Å². The Bertz CT molecular complexity index is 393. The Morgan fingerprint density at radius 1 is 1.35 bits per heavy atom. The lowest BCUT2D eigenvalue weighted by atomic mass is 10.1. The largest absolute Gasteiger partial charge is 0.368 e. The van der Waals surface area contributed by atoms with Crippen molar-refractivity contribution in [2.24, 2.45) is 5.92 Å². The second-order valence-electron chi connectivity index (χ2n) is 4.49. The van der Waals surface area contributed by atoms with Gasteiger partial charge in [0.05, 0.1) is 0 Å². The van der Waals surface area contributed by atoms with Gasteiger partial charge < -0.3 is 15.5 Å². The Morgan fingerprint density at radius 3 is 2.47 bits per heavy atom. The molecule has 7 heteroatoms. The van der Waals surface area contributed by atoms with Gasteiger partial charge in [-0.1, -0.05) is 13.8 Å². The molecule has 7 nitrogen and oxygen atoms in total. The fourth-order valence-electron chi connectivity index (χ4n) is 1.90. The van der Waals surface area contributed by atoms with E-state index >= 15 is 0 Å². The van der Waals surface area contributed by atoms with Crippen molar-refractivity contribution in [3.63, 3.8) is 0 Å². The first-order chi connectivity index (χ1) is 8.08. The van der Waals surface area contributed by atoms with E-state index < -0.39 is 0 Å². The summed E-state index contributed by atoms with van der Waals surface area (Å²) in [6, 6.07) is 0. The van der Waals surface area contributed by atoms with Crippen LogP contribution < -0.4 is 10.6 Å². The molecule has 1 saturated heterocycles. The average Bonchev–Trinajstić information content (AvgIpc) is 2.75. The molecule has 17 heavy (non-hydrogen) atoms. The van der Waals surface area contributed by atoms with Gasteiger partial charge in [-0.2, -0.15) is 4.98 Å². The quantitative estimate of drug-likeness (QED) is 0.737. The maximum atomic E-state index is 11.8. The molecule has 1 fully saturated rings. The third-order valence-electron chi connectivity index (χ3n) is 2.86. The smallest absolute Gasteiger partial charge is 0.246 e. The van der Waals surface area contributed by atoms with E-state index in [1.54, 1.807) is 0 Å². The van der Waals surface area contributed by atoms with E-state index in [-0.39, 0.29) is 11.8 Å². The zero-order chi connectivity index (χ0) is 12.4. The first-order valence-corrected chi connectivity index (χ1v) is 5.79. The summed E-state index contributed by atoms with van der Waals surface area (Å²) in [7, 11) is 0. The minimum Gasteiger partial charge on any atom is -0.368 e. The van der Waals surface area contributed by atoms with Crippen molar-refractivity contribution < 1.29 is 4.79 Å². The molecule has 2 heterocycles. The van der Waals surface area contributed by atoms with Gasteiger partial charge in [0.25, 0.3) is 0 Å². The summed E-state index contributed by atoms with van der Waals surface area (Å²) in [5.74, 6) is 1.19. The first-order valence-electron chi connectivity index (χ1n) is 5.79. The third-order valence-corrected chi connectivity index (χ3v) is 2.86. The average molecular weight is 238 g/mol. The maximum absolute atomic E-state index is 11.8. The van der Waals surface area contributed by atoms with Gasteiger partial charge in [0.15, 0.2) is 0 Å². The number of aromatic amines is 1. The van der Waals surface area contributed by atoms with E-state index in [4.69, 9.17) is 5.73 Å².